The Balaban J connectivity index is 1.89. The summed E-state index contributed by atoms with van der Waals surface area (Å²) >= 11 is 0. The van der Waals surface area contributed by atoms with Crippen molar-refractivity contribution in [2.24, 2.45) is 0 Å². The van der Waals surface area contributed by atoms with E-state index in [9.17, 15) is 9.90 Å². The van der Waals surface area contributed by atoms with Crippen LogP contribution < -0.4 is 15.8 Å². The highest BCUT2D eigenvalue weighted by molar-refractivity contribution is 5.94. The standard InChI is InChI=1S/C16H18N2O3/c1-21-15-7-4-12(10-14(15)19)16(20)18-9-8-11-2-5-13(17)6-3-11/h2-7,10,19H,8-9,17H2,1H3,(H,18,20). The van der Waals surface area contributed by atoms with Crippen molar-refractivity contribution < 1.29 is 14.6 Å². The molecule has 0 aromatic heterocycles. The van der Waals surface area contributed by atoms with Crippen LogP contribution in [0, 0.1) is 0 Å². The van der Waals surface area contributed by atoms with Crippen molar-refractivity contribution in [1.82, 2.24) is 5.32 Å². The molecule has 0 heterocycles. The summed E-state index contributed by atoms with van der Waals surface area (Å²) in [5, 5.41) is 12.5. The minimum Gasteiger partial charge on any atom is -0.504 e. The molecule has 21 heavy (non-hydrogen) atoms. The molecule has 0 unspecified atom stereocenters. The number of rotatable bonds is 5. The third kappa shape index (κ3) is 3.89. The number of hydrogen-bond acceptors (Lipinski definition) is 4. The third-order valence-corrected chi connectivity index (χ3v) is 3.12. The summed E-state index contributed by atoms with van der Waals surface area (Å²) in [6.07, 6.45) is 0.716. The minimum atomic E-state index is -0.233. The van der Waals surface area contributed by atoms with Gasteiger partial charge in [-0.15, -0.1) is 0 Å². The van der Waals surface area contributed by atoms with E-state index in [0.717, 1.165) is 11.3 Å². The van der Waals surface area contributed by atoms with Gasteiger partial charge in [-0.1, -0.05) is 12.1 Å². The molecule has 0 bridgehead atoms. The number of nitrogen functional groups attached to an aromatic ring is 1. The molecule has 2 rings (SSSR count). The van der Waals surface area contributed by atoms with Gasteiger partial charge in [0, 0.05) is 17.8 Å². The molecule has 1 amide bonds. The molecule has 0 saturated heterocycles. The summed E-state index contributed by atoms with van der Waals surface area (Å²) in [5.74, 6) is 0.0560. The van der Waals surface area contributed by atoms with Crippen molar-refractivity contribution in [1.29, 1.82) is 0 Å². The van der Waals surface area contributed by atoms with Crippen LogP contribution in [0.15, 0.2) is 42.5 Å². The number of anilines is 1. The van der Waals surface area contributed by atoms with E-state index in [1.54, 1.807) is 12.1 Å². The molecule has 0 aliphatic heterocycles. The first-order valence-corrected chi connectivity index (χ1v) is 6.60. The first kappa shape index (κ1) is 14.7. The van der Waals surface area contributed by atoms with Gasteiger partial charge in [-0.05, 0) is 42.3 Å². The molecule has 0 fully saturated rings. The van der Waals surface area contributed by atoms with E-state index < -0.39 is 0 Å². The Labute approximate surface area is 123 Å². The molecular formula is C16H18N2O3. The molecule has 4 N–H and O–H groups in total. The van der Waals surface area contributed by atoms with Crippen LogP contribution in [-0.2, 0) is 6.42 Å². The Morgan fingerprint density at radius 3 is 2.57 bits per heavy atom. The average Bonchev–Trinajstić information content (AvgIpc) is 2.49. The van der Waals surface area contributed by atoms with E-state index in [4.69, 9.17) is 10.5 Å². The Hall–Kier alpha value is -2.69. The monoisotopic (exact) mass is 286 g/mol. The highest BCUT2D eigenvalue weighted by Gasteiger charge is 2.09. The topological polar surface area (TPSA) is 84.6 Å². The van der Waals surface area contributed by atoms with Crippen molar-refractivity contribution in [3.63, 3.8) is 0 Å². The SMILES string of the molecule is COc1ccc(C(=O)NCCc2ccc(N)cc2)cc1O. The van der Waals surface area contributed by atoms with Crippen LogP contribution in [0.4, 0.5) is 5.69 Å². The van der Waals surface area contributed by atoms with Gasteiger partial charge in [0.15, 0.2) is 11.5 Å². The molecule has 2 aromatic rings. The number of carbonyl (C=O) groups excluding carboxylic acids is 1. The number of benzene rings is 2. The van der Waals surface area contributed by atoms with Crippen LogP contribution in [0.5, 0.6) is 11.5 Å². The highest BCUT2D eigenvalue weighted by Crippen LogP contribution is 2.26. The average molecular weight is 286 g/mol. The molecule has 110 valence electrons. The van der Waals surface area contributed by atoms with Gasteiger partial charge in [0.25, 0.3) is 5.91 Å². The summed E-state index contributed by atoms with van der Waals surface area (Å²) in [4.78, 5) is 12.0. The zero-order valence-electron chi connectivity index (χ0n) is 11.8. The smallest absolute Gasteiger partial charge is 0.251 e. The fourth-order valence-electron chi connectivity index (χ4n) is 1.94. The van der Waals surface area contributed by atoms with Crippen molar-refractivity contribution in [2.45, 2.75) is 6.42 Å². The predicted molar refractivity (Wildman–Crippen MR) is 81.6 cm³/mol. The van der Waals surface area contributed by atoms with E-state index in [0.29, 0.717) is 24.3 Å². The maximum Gasteiger partial charge on any atom is 0.251 e. The molecule has 2 aromatic carbocycles. The van der Waals surface area contributed by atoms with Crippen LogP contribution in [0.3, 0.4) is 0 Å². The van der Waals surface area contributed by atoms with Crippen molar-refractivity contribution >= 4 is 11.6 Å². The van der Waals surface area contributed by atoms with Crippen LogP contribution >= 0.6 is 0 Å². The second-order valence-corrected chi connectivity index (χ2v) is 4.63. The summed E-state index contributed by atoms with van der Waals surface area (Å²) in [5.41, 5.74) is 7.83. The number of nitrogens with one attached hydrogen (secondary N) is 1. The predicted octanol–water partition coefficient (Wildman–Crippen LogP) is 1.96. The number of nitrogens with two attached hydrogens (primary N) is 1. The number of hydrogen-bond donors (Lipinski definition) is 3. The molecule has 0 saturated carbocycles. The molecule has 0 atom stereocenters. The van der Waals surface area contributed by atoms with Gasteiger partial charge in [-0.25, -0.2) is 0 Å². The van der Waals surface area contributed by atoms with Crippen LogP contribution in [0.25, 0.3) is 0 Å². The summed E-state index contributed by atoms with van der Waals surface area (Å²) in [6.45, 7) is 0.509. The number of amides is 1. The highest BCUT2D eigenvalue weighted by atomic mass is 16.5. The first-order chi connectivity index (χ1) is 10.1. The fourth-order valence-corrected chi connectivity index (χ4v) is 1.94. The lowest BCUT2D eigenvalue weighted by Crippen LogP contribution is -2.25. The van der Waals surface area contributed by atoms with Gasteiger partial charge in [-0.2, -0.15) is 0 Å². The van der Waals surface area contributed by atoms with Gasteiger partial charge < -0.3 is 20.9 Å². The first-order valence-electron chi connectivity index (χ1n) is 6.60. The van der Waals surface area contributed by atoms with Crippen molar-refractivity contribution in [3.05, 3.63) is 53.6 Å². The van der Waals surface area contributed by atoms with Gasteiger partial charge in [0.05, 0.1) is 7.11 Å². The van der Waals surface area contributed by atoms with E-state index in [1.807, 2.05) is 24.3 Å². The molecule has 0 aliphatic carbocycles. The van der Waals surface area contributed by atoms with Crippen molar-refractivity contribution in [2.75, 3.05) is 19.4 Å². The van der Waals surface area contributed by atoms with Crippen LogP contribution in [-0.4, -0.2) is 24.7 Å². The third-order valence-electron chi connectivity index (χ3n) is 3.12. The second-order valence-electron chi connectivity index (χ2n) is 4.63. The second kappa shape index (κ2) is 6.65. The zero-order valence-corrected chi connectivity index (χ0v) is 11.8. The van der Waals surface area contributed by atoms with E-state index in [1.165, 1.54) is 13.2 Å². The molecular weight excluding hydrogens is 268 g/mol. The van der Waals surface area contributed by atoms with Crippen molar-refractivity contribution in [3.8, 4) is 11.5 Å². The van der Waals surface area contributed by atoms with Crippen LogP contribution in [0.1, 0.15) is 15.9 Å². The number of phenolic OH excluding ortho intramolecular Hbond substituents is 1. The number of methoxy groups -OCH3 is 1. The van der Waals surface area contributed by atoms with Gasteiger partial charge in [-0.3, -0.25) is 4.79 Å². The Bertz CT molecular complexity index is 624. The van der Waals surface area contributed by atoms with Gasteiger partial charge in [0.2, 0.25) is 0 Å². The molecule has 0 spiro atoms. The maximum absolute atomic E-state index is 12.0. The summed E-state index contributed by atoms with van der Waals surface area (Å²) < 4.78 is 4.94. The molecule has 0 radical (unpaired) electrons. The Kier molecular flexibility index (Phi) is 4.66. The Morgan fingerprint density at radius 2 is 1.95 bits per heavy atom. The fraction of sp³-hybridized carbons (Fsp3) is 0.188. The quantitative estimate of drug-likeness (QED) is 0.733. The lowest BCUT2D eigenvalue weighted by molar-refractivity contribution is 0.0953. The molecule has 5 heteroatoms. The van der Waals surface area contributed by atoms with Crippen LogP contribution in [0.2, 0.25) is 0 Å². The molecule has 0 aliphatic rings. The lowest BCUT2D eigenvalue weighted by atomic mass is 10.1. The normalized spacial score (nSPS) is 10.1. The number of phenols is 1. The number of ether oxygens (including phenoxy) is 1. The Morgan fingerprint density at radius 1 is 1.24 bits per heavy atom. The number of aromatic hydroxyl groups is 1. The lowest BCUT2D eigenvalue weighted by Gasteiger charge is -2.08. The number of carbonyl (C=O) groups is 1. The summed E-state index contributed by atoms with van der Waals surface area (Å²) in [7, 11) is 1.46. The van der Waals surface area contributed by atoms with Gasteiger partial charge >= 0.3 is 0 Å². The summed E-state index contributed by atoms with van der Waals surface area (Å²) in [6, 6.07) is 12.1. The van der Waals surface area contributed by atoms with Gasteiger partial charge in [0.1, 0.15) is 0 Å². The zero-order chi connectivity index (χ0) is 15.2. The molecule has 5 nitrogen and oxygen atoms in total. The largest absolute Gasteiger partial charge is 0.504 e. The maximum atomic E-state index is 12.0. The van der Waals surface area contributed by atoms with E-state index in [2.05, 4.69) is 5.32 Å². The van der Waals surface area contributed by atoms with E-state index >= 15 is 0 Å². The minimum absolute atomic E-state index is 0.0521. The van der Waals surface area contributed by atoms with E-state index in [-0.39, 0.29) is 11.7 Å².